The van der Waals surface area contributed by atoms with E-state index in [1.165, 1.54) is 18.3 Å². The summed E-state index contributed by atoms with van der Waals surface area (Å²) in [5.74, 6) is -0.739. The van der Waals surface area contributed by atoms with Crippen molar-refractivity contribution in [3.63, 3.8) is 0 Å². The van der Waals surface area contributed by atoms with Crippen LogP contribution in [0.2, 0.25) is 0 Å². The van der Waals surface area contributed by atoms with E-state index in [2.05, 4.69) is 26.5 Å². The molecule has 3 aromatic carbocycles. The number of hydrogen-bond acceptors (Lipinski definition) is 4. The van der Waals surface area contributed by atoms with Crippen LogP contribution in [-0.4, -0.2) is 18.1 Å². The van der Waals surface area contributed by atoms with E-state index in [4.69, 9.17) is 4.74 Å². The minimum Gasteiger partial charge on any atom is -0.423 e. The van der Waals surface area contributed by atoms with Gasteiger partial charge in [0.1, 0.15) is 5.75 Å². The number of benzene rings is 3. The van der Waals surface area contributed by atoms with Crippen LogP contribution < -0.4 is 10.2 Å². The van der Waals surface area contributed by atoms with Crippen molar-refractivity contribution in [3.05, 3.63) is 99.5 Å². The molecular weight excluding hydrogens is 489 g/mol. The molecule has 0 unspecified atom stereocenters. The first kappa shape index (κ1) is 23.2. The van der Waals surface area contributed by atoms with E-state index in [1.807, 2.05) is 0 Å². The second kappa shape index (κ2) is 10.2. The quantitative estimate of drug-likeness (QED) is 0.212. The largest absolute Gasteiger partial charge is 0.423 e. The third-order valence-corrected chi connectivity index (χ3v) is 4.90. The summed E-state index contributed by atoms with van der Waals surface area (Å²) in [6.07, 6.45) is -3.35. The summed E-state index contributed by atoms with van der Waals surface area (Å²) < 4.78 is 44.2. The molecule has 3 aromatic rings. The molecule has 0 aliphatic heterocycles. The van der Waals surface area contributed by atoms with E-state index in [1.54, 1.807) is 48.5 Å². The van der Waals surface area contributed by atoms with Crippen LogP contribution in [0, 0.1) is 0 Å². The fraction of sp³-hybridized carbons (Fsp3) is 0.0870. The van der Waals surface area contributed by atoms with Gasteiger partial charge >= 0.3 is 12.1 Å². The number of ether oxygens (including phenoxy) is 1. The maximum Gasteiger partial charge on any atom is 0.416 e. The van der Waals surface area contributed by atoms with E-state index in [9.17, 15) is 22.8 Å². The van der Waals surface area contributed by atoms with Crippen LogP contribution in [0.5, 0.6) is 5.75 Å². The number of alkyl halides is 3. The second-order valence-electron chi connectivity index (χ2n) is 6.61. The first-order valence-electron chi connectivity index (χ1n) is 9.27. The van der Waals surface area contributed by atoms with E-state index in [0.717, 1.165) is 12.1 Å². The summed E-state index contributed by atoms with van der Waals surface area (Å²) in [6, 6.07) is 17.8. The minimum atomic E-state index is -4.47. The van der Waals surface area contributed by atoms with Crippen LogP contribution in [0.25, 0.3) is 0 Å². The van der Waals surface area contributed by atoms with Crippen LogP contribution in [0.15, 0.2) is 82.4 Å². The summed E-state index contributed by atoms with van der Waals surface area (Å²) in [7, 11) is 0. The number of hydrogen-bond donors (Lipinski definition) is 1. The van der Waals surface area contributed by atoms with Gasteiger partial charge in [0.05, 0.1) is 23.8 Å². The zero-order valence-corrected chi connectivity index (χ0v) is 18.0. The highest BCUT2D eigenvalue weighted by atomic mass is 79.9. The molecule has 0 fully saturated rings. The van der Waals surface area contributed by atoms with Crippen LogP contribution in [0.4, 0.5) is 13.2 Å². The lowest BCUT2D eigenvalue weighted by Gasteiger charge is -2.08. The van der Waals surface area contributed by atoms with Gasteiger partial charge in [-0.05, 0) is 69.5 Å². The summed E-state index contributed by atoms with van der Waals surface area (Å²) in [6.45, 7) is 0. The van der Waals surface area contributed by atoms with E-state index < -0.39 is 23.6 Å². The van der Waals surface area contributed by atoms with E-state index in [-0.39, 0.29) is 12.0 Å². The number of esters is 1. The maximum absolute atomic E-state index is 12.7. The highest BCUT2D eigenvalue weighted by Gasteiger charge is 2.30. The summed E-state index contributed by atoms with van der Waals surface area (Å²) >= 11 is 3.29. The molecule has 0 aromatic heterocycles. The zero-order chi connectivity index (χ0) is 23.1. The Hall–Kier alpha value is -3.46. The van der Waals surface area contributed by atoms with Gasteiger partial charge in [0.25, 0.3) is 0 Å². The number of amides is 1. The third-order valence-electron chi connectivity index (χ3n) is 4.21. The van der Waals surface area contributed by atoms with Crippen molar-refractivity contribution in [3.8, 4) is 5.75 Å². The van der Waals surface area contributed by atoms with Gasteiger partial charge in [-0.15, -0.1) is 0 Å². The Morgan fingerprint density at radius 1 is 1.00 bits per heavy atom. The smallest absolute Gasteiger partial charge is 0.416 e. The first-order chi connectivity index (χ1) is 15.2. The van der Waals surface area contributed by atoms with Gasteiger partial charge in [0, 0.05) is 4.47 Å². The summed E-state index contributed by atoms with van der Waals surface area (Å²) in [5, 5.41) is 3.80. The average Bonchev–Trinajstić information content (AvgIpc) is 2.75. The molecule has 0 bridgehead atoms. The lowest BCUT2D eigenvalue weighted by atomic mass is 10.1. The SMILES string of the molecule is O=C(Cc1cccc(C(F)(F)F)c1)N/N=C\c1ccc(OC(=O)c2ccccc2Br)cc1. The zero-order valence-electron chi connectivity index (χ0n) is 16.4. The molecule has 1 amide bonds. The Bertz CT molecular complexity index is 1150. The molecule has 0 aliphatic rings. The Labute approximate surface area is 190 Å². The Morgan fingerprint density at radius 3 is 2.41 bits per heavy atom. The van der Waals surface area contributed by atoms with Crippen molar-refractivity contribution in [2.45, 2.75) is 12.6 Å². The van der Waals surface area contributed by atoms with Crippen molar-refractivity contribution < 1.29 is 27.5 Å². The first-order valence-corrected chi connectivity index (χ1v) is 10.1. The number of nitrogens with one attached hydrogen (secondary N) is 1. The van der Waals surface area contributed by atoms with Gasteiger partial charge < -0.3 is 4.74 Å². The maximum atomic E-state index is 12.7. The lowest BCUT2D eigenvalue weighted by Crippen LogP contribution is -2.20. The fourth-order valence-electron chi connectivity index (χ4n) is 2.67. The summed E-state index contributed by atoms with van der Waals surface area (Å²) in [5.41, 5.74) is 2.69. The van der Waals surface area contributed by atoms with Crippen molar-refractivity contribution in [1.82, 2.24) is 5.43 Å². The highest BCUT2D eigenvalue weighted by Crippen LogP contribution is 2.29. The molecule has 1 N–H and O–H groups in total. The molecule has 0 atom stereocenters. The Kier molecular flexibility index (Phi) is 7.42. The number of halogens is 4. The molecule has 0 spiro atoms. The molecule has 3 rings (SSSR count). The molecular formula is C23H16BrF3N2O3. The number of rotatable bonds is 6. The number of nitrogens with zero attached hydrogens (tertiary/aromatic N) is 1. The molecule has 5 nitrogen and oxygen atoms in total. The van der Waals surface area contributed by atoms with Gasteiger partial charge in [-0.2, -0.15) is 18.3 Å². The van der Waals surface area contributed by atoms with Gasteiger partial charge in [-0.25, -0.2) is 10.2 Å². The van der Waals surface area contributed by atoms with Gasteiger partial charge in [-0.1, -0.05) is 30.3 Å². The number of hydrazone groups is 1. The normalized spacial score (nSPS) is 11.4. The van der Waals surface area contributed by atoms with Crippen LogP contribution in [0.1, 0.15) is 27.0 Å². The molecule has 32 heavy (non-hydrogen) atoms. The van der Waals surface area contributed by atoms with Crippen LogP contribution in [0.3, 0.4) is 0 Å². The predicted octanol–water partition coefficient (Wildman–Crippen LogP) is 5.38. The van der Waals surface area contributed by atoms with E-state index in [0.29, 0.717) is 21.3 Å². The second-order valence-corrected chi connectivity index (χ2v) is 7.46. The summed E-state index contributed by atoms with van der Waals surface area (Å²) in [4.78, 5) is 24.1. The molecule has 0 saturated carbocycles. The monoisotopic (exact) mass is 504 g/mol. The van der Waals surface area contributed by atoms with Crippen molar-refractivity contribution in [2.75, 3.05) is 0 Å². The Morgan fingerprint density at radius 2 is 1.72 bits per heavy atom. The molecule has 0 radical (unpaired) electrons. The average molecular weight is 505 g/mol. The van der Waals surface area contributed by atoms with Gasteiger partial charge in [0.2, 0.25) is 5.91 Å². The minimum absolute atomic E-state index is 0.226. The van der Waals surface area contributed by atoms with E-state index >= 15 is 0 Å². The van der Waals surface area contributed by atoms with Crippen molar-refractivity contribution >= 4 is 34.0 Å². The van der Waals surface area contributed by atoms with Gasteiger partial charge in [0.15, 0.2) is 0 Å². The molecule has 9 heteroatoms. The topological polar surface area (TPSA) is 67.8 Å². The molecule has 0 aliphatic carbocycles. The number of carbonyl (C=O) groups excluding carboxylic acids is 2. The van der Waals surface area contributed by atoms with Crippen molar-refractivity contribution in [2.24, 2.45) is 5.10 Å². The van der Waals surface area contributed by atoms with Crippen LogP contribution >= 0.6 is 15.9 Å². The fourth-order valence-corrected chi connectivity index (χ4v) is 3.12. The molecule has 164 valence electrons. The Balaban J connectivity index is 1.53. The van der Waals surface area contributed by atoms with Crippen LogP contribution in [-0.2, 0) is 17.4 Å². The molecule has 0 saturated heterocycles. The molecule has 0 heterocycles. The third kappa shape index (κ3) is 6.52. The lowest BCUT2D eigenvalue weighted by molar-refractivity contribution is -0.137. The van der Waals surface area contributed by atoms with Crippen molar-refractivity contribution in [1.29, 1.82) is 0 Å². The predicted molar refractivity (Wildman–Crippen MR) is 116 cm³/mol. The highest BCUT2D eigenvalue weighted by molar-refractivity contribution is 9.10. The number of carbonyl (C=O) groups is 2. The van der Waals surface area contributed by atoms with Gasteiger partial charge in [-0.3, -0.25) is 4.79 Å². The standard InChI is InChI=1S/C23H16BrF3N2O3/c24-20-7-2-1-6-19(20)22(31)32-18-10-8-15(9-11-18)14-28-29-21(30)13-16-4-3-5-17(12-16)23(25,26)27/h1-12,14H,13H2,(H,29,30)/b28-14-.